The molecule has 2 N–H and O–H groups in total. The summed E-state index contributed by atoms with van der Waals surface area (Å²) in [5.41, 5.74) is 3.12. The van der Waals surface area contributed by atoms with Crippen molar-refractivity contribution in [3.05, 3.63) is 65.4 Å². The van der Waals surface area contributed by atoms with Crippen LogP contribution < -0.4 is 10.6 Å². The lowest BCUT2D eigenvalue weighted by atomic mass is 10.1. The molecule has 0 saturated heterocycles. The maximum atomic E-state index is 13.7. The maximum absolute atomic E-state index is 13.7. The second-order valence-corrected chi connectivity index (χ2v) is 5.31. The minimum atomic E-state index is -0.730. The van der Waals surface area contributed by atoms with Crippen molar-refractivity contribution in [1.82, 2.24) is 15.2 Å². The van der Waals surface area contributed by atoms with Crippen LogP contribution in [0.1, 0.15) is 11.1 Å². The Morgan fingerprint density at radius 3 is 2.42 bits per heavy atom. The van der Waals surface area contributed by atoms with Crippen molar-refractivity contribution in [2.24, 2.45) is 0 Å². The molecule has 1 heterocycles. The van der Waals surface area contributed by atoms with E-state index in [1.165, 1.54) is 12.3 Å². The highest BCUT2D eigenvalue weighted by molar-refractivity contribution is 5.65. The Labute approximate surface area is 137 Å². The third kappa shape index (κ3) is 3.45. The fourth-order valence-electron chi connectivity index (χ4n) is 2.27. The van der Waals surface area contributed by atoms with Crippen LogP contribution in [0.5, 0.6) is 0 Å². The molecule has 2 aromatic carbocycles. The number of benzene rings is 2. The minimum absolute atomic E-state index is 0.0717. The molecule has 0 amide bonds. The molecular weight excluding hydrogens is 312 g/mol. The van der Waals surface area contributed by atoms with Gasteiger partial charge in [0.1, 0.15) is 11.6 Å². The standard InChI is InChI=1S/C17H15F2N5/c1-10-4-3-5-11(2)16(10)22-15-9-20-24-17(23-15)21-14-7-6-12(18)8-13(14)19/h3-9H,1-2H3,(H2,21,22,23,24). The van der Waals surface area contributed by atoms with Crippen LogP contribution in [-0.4, -0.2) is 15.2 Å². The summed E-state index contributed by atoms with van der Waals surface area (Å²) in [4.78, 5) is 4.25. The summed E-state index contributed by atoms with van der Waals surface area (Å²) in [6.45, 7) is 3.97. The molecule has 3 aromatic rings. The van der Waals surface area contributed by atoms with Crippen LogP contribution >= 0.6 is 0 Å². The van der Waals surface area contributed by atoms with Crippen molar-refractivity contribution in [3.63, 3.8) is 0 Å². The van der Waals surface area contributed by atoms with E-state index in [1.807, 2.05) is 32.0 Å². The first-order chi connectivity index (χ1) is 11.5. The number of hydrogen-bond acceptors (Lipinski definition) is 5. The van der Waals surface area contributed by atoms with E-state index in [0.29, 0.717) is 5.82 Å². The van der Waals surface area contributed by atoms with Crippen molar-refractivity contribution in [2.75, 3.05) is 10.6 Å². The molecule has 0 aliphatic rings. The summed E-state index contributed by atoms with van der Waals surface area (Å²) < 4.78 is 26.6. The topological polar surface area (TPSA) is 62.7 Å². The van der Waals surface area contributed by atoms with E-state index in [1.54, 1.807) is 0 Å². The van der Waals surface area contributed by atoms with Crippen molar-refractivity contribution < 1.29 is 8.78 Å². The minimum Gasteiger partial charge on any atom is -0.338 e. The molecular formula is C17H15F2N5. The second-order valence-electron chi connectivity index (χ2n) is 5.31. The fourth-order valence-corrected chi connectivity index (χ4v) is 2.27. The highest BCUT2D eigenvalue weighted by Crippen LogP contribution is 2.24. The van der Waals surface area contributed by atoms with E-state index in [4.69, 9.17) is 0 Å². The van der Waals surface area contributed by atoms with E-state index in [2.05, 4.69) is 25.8 Å². The Bertz CT molecular complexity index is 862. The Morgan fingerprint density at radius 2 is 1.71 bits per heavy atom. The summed E-state index contributed by atoms with van der Waals surface area (Å²) in [6.07, 6.45) is 1.47. The number of para-hydroxylation sites is 1. The van der Waals surface area contributed by atoms with Crippen LogP contribution in [0.4, 0.5) is 31.9 Å². The quantitative estimate of drug-likeness (QED) is 0.750. The highest BCUT2D eigenvalue weighted by atomic mass is 19.1. The van der Waals surface area contributed by atoms with Crippen molar-refractivity contribution in [3.8, 4) is 0 Å². The van der Waals surface area contributed by atoms with Gasteiger partial charge >= 0.3 is 0 Å². The summed E-state index contributed by atoms with van der Waals surface area (Å²) in [5.74, 6) is -0.807. The first-order valence-corrected chi connectivity index (χ1v) is 7.28. The second kappa shape index (κ2) is 6.57. The lowest BCUT2D eigenvalue weighted by molar-refractivity contribution is 0.586. The molecule has 0 spiro atoms. The lowest BCUT2D eigenvalue weighted by Gasteiger charge is -2.12. The van der Waals surface area contributed by atoms with E-state index in [9.17, 15) is 8.78 Å². The maximum Gasteiger partial charge on any atom is 0.249 e. The number of hydrogen-bond donors (Lipinski definition) is 2. The van der Waals surface area contributed by atoms with Gasteiger partial charge in [0, 0.05) is 11.8 Å². The number of aryl methyl sites for hydroxylation is 2. The first kappa shape index (κ1) is 15.8. The molecule has 0 unspecified atom stereocenters. The van der Waals surface area contributed by atoms with Gasteiger partial charge in [-0.3, -0.25) is 0 Å². The predicted molar refractivity (Wildman–Crippen MR) is 88.7 cm³/mol. The van der Waals surface area contributed by atoms with E-state index in [0.717, 1.165) is 28.9 Å². The molecule has 0 radical (unpaired) electrons. The van der Waals surface area contributed by atoms with Crippen LogP contribution in [0.15, 0.2) is 42.6 Å². The Kier molecular flexibility index (Phi) is 4.33. The number of nitrogens with zero attached hydrogens (tertiary/aromatic N) is 3. The Hall–Kier alpha value is -3.09. The largest absolute Gasteiger partial charge is 0.338 e. The van der Waals surface area contributed by atoms with Crippen LogP contribution in [0, 0.1) is 25.5 Å². The van der Waals surface area contributed by atoms with Gasteiger partial charge in [0.15, 0.2) is 5.82 Å². The van der Waals surface area contributed by atoms with Crippen LogP contribution in [0.2, 0.25) is 0 Å². The van der Waals surface area contributed by atoms with Gasteiger partial charge in [-0.1, -0.05) is 18.2 Å². The zero-order valence-corrected chi connectivity index (χ0v) is 13.1. The van der Waals surface area contributed by atoms with Crippen LogP contribution in [-0.2, 0) is 0 Å². The average molecular weight is 327 g/mol. The SMILES string of the molecule is Cc1cccc(C)c1Nc1cnnc(Nc2ccc(F)cc2F)n1. The summed E-state index contributed by atoms with van der Waals surface area (Å²) in [7, 11) is 0. The zero-order valence-electron chi connectivity index (χ0n) is 13.1. The Balaban J connectivity index is 1.84. The third-order valence-electron chi connectivity index (χ3n) is 3.47. The molecule has 24 heavy (non-hydrogen) atoms. The summed E-state index contributed by atoms with van der Waals surface area (Å²) in [5, 5.41) is 13.5. The highest BCUT2D eigenvalue weighted by Gasteiger charge is 2.08. The molecule has 5 nitrogen and oxygen atoms in total. The van der Waals surface area contributed by atoms with Crippen LogP contribution in [0.3, 0.4) is 0 Å². The van der Waals surface area contributed by atoms with Gasteiger partial charge in [-0.05, 0) is 37.1 Å². The number of rotatable bonds is 4. The van der Waals surface area contributed by atoms with Gasteiger partial charge in [0.2, 0.25) is 5.95 Å². The van der Waals surface area contributed by atoms with E-state index in [-0.39, 0.29) is 11.6 Å². The van der Waals surface area contributed by atoms with Gasteiger partial charge in [-0.2, -0.15) is 10.1 Å². The van der Waals surface area contributed by atoms with Gasteiger partial charge in [0.25, 0.3) is 0 Å². The molecule has 122 valence electrons. The normalized spacial score (nSPS) is 10.5. The molecule has 0 aliphatic heterocycles. The van der Waals surface area contributed by atoms with Crippen molar-refractivity contribution >= 4 is 23.1 Å². The number of nitrogens with one attached hydrogen (secondary N) is 2. The van der Waals surface area contributed by atoms with Gasteiger partial charge in [0.05, 0.1) is 11.9 Å². The predicted octanol–water partition coefficient (Wildman–Crippen LogP) is 4.25. The first-order valence-electron chi connectivity index (χ1n) is 7.28. The lowest BCUT2D eigenvalue weighted by Crippen LogP contribution is -2.04. The zero-order chi connectivity index (χ0) is 17.1. The van der Waals surface area contributed by atoms with Gasteiger partial charge < -0.3 is 10.6 Å². The Morgan fingerprint density at radius 1 is 0.958 bits per heavy atom. The van der Waals surface area contributed by atoms with E-state index < -0.39 is 11.6 Å². The molecule has 0 bridgehead atoms. The molecule has 0 fully saturated rings. The number of anilines is 4. The molecule has 0 saturated carbocycles. The van der Waals surface area contributed by atoms with Gasteiger partial charge in [-0.25, -0.2) is 8.78 Å². The molecule has 7 heteroatoms. The monoisotopic (exact) mass is 327 g/mol. The van der Waals surface area contributed by atoms with Gasteiger partial charge in [-0.15, -0.1) is 5.10 Å². The fraction of sp³-hybridized carbons (Fsp3) is 0.118. The number of halogens is 2. The smallest absolute Gasteiger partial charge is 0.249 e. The summed E-state index contributed by atoms with van der Waals surface area (Å²) in [6, 6.07) is 9.15. The molecule has 1 aromatic heterocycles. The van der Waals surface area contributed by atoms with Crippen molar-refractivity contribution in [2.45, 2.75) is 13.8 Å². The molecule has 0 atom stereocenters. The average Bonchev–Trinajstić information content (AvgIpc) is 2.54. The summed E-state index contributed by atoms with van der Waals surface area (Å²) >= 11 is 0. The van der Waals surface area contributed by atoms with Crippen LogP contribution in [0.25, 0.3) is 0 Å². The van der Waals surface area contributed by atoms with E-state index >= 15 is 0 Å². The molecule has 3 rings (SSSR count). The van der Waals surface area contributed by atoms with Crippen molar-refractivity contribution in [1.29, 1.82) is 0 Å². The third-order valence-corrected chi connectivity index (χ3v) is 3.47. The number of aromatic nitrogens is 3. The molecule has 0 aliphatic carbocycles.